The van der Waals surface area contributed by atoms with Crippen molar-refractivity contribution in [1.29, 1.82) is 0 Å². The number of benzene rings is 2. The lowest BCUT2D eigenvalue weighted by molar-refractivity contribution is -0.136. The molecule has 1 heterocycles. The van der Waals surface area contributed by atoms with Crippen molar-refractivity contribution >= 4 is 24.3 Å². The minimum Gasteiger partial charge on any atom is -0.505 e. The SMILES string of the molecule is CN1CC(=O)COB(c2ccc(-c3ccccc3)cc2)OC(=O)C1. The van der Waals surface area contributed by atoms with Gasteiger partial charge < -0.3 is 9.31 Å². The average Bonchev–Trinajstić information content (AvgIpc) is 2.64. The Labute approximate surface area is 141 Å². The van der Waals surface area contributed by atoms with E-state index in [0.29, 0.717) is 5.46 Å². The number of carbonyl (C=O) groups excluding carboxylic acids is 2. The Morgan fingerprint density at radius 2 is 1.58 bits per heavy atom. The van der Waals surface area contributed by atoms with Gasteiger partial charge in [-0.1, -0.05) is 54.6 Å². The molecule has 0 bridgehead atoms. The number of nitrogens with zero attached hydrogens (tertiary/aromatic N) is 1. The van der Waals surface area contributed by atoms with Gasteiger partial charge in [-0.2, -0.15) is 0 Å². The summed E-state index contributed by atoms with van der Waals surface area (Å²) in [5.41, 5.74) is 2.87. The Kier molecular flexibility index (Phi) is 5.08. The normalized spacial score (nSPS) is 17.0. The van der Waals surface area contributed by atoms with E-state index in [1.165, 1.54) is 0 Å². The van der Waals surface area contributed by atoms with Crippen molar-refractivity contribution in [3.05, 3.63) is 54.6 Å². The fourth-order valence-corrected chi connectivity index (χ4v) is 2.61. The van der Waals surface area contributed by atoms with Crippen molar-refractivity contribution in [2.24, 2.45) is 0 Å². The Morgan fingerprint density at radius 3 is 2.29 bits per heavy atom. The highest BCUT2D eigenvalue weighted by molar-refractivity contribution is 6.63. The molecule has 2 aromatic carbocycles. The monoisotopic (exact) mass is 323 g/mol. The Hall–Kier alpha value is -2.44. The molecular weight excluding hydrogens is 305 g/mol. The molecule has 0 N–H and O–H groups in total. The maximum Gasteiger partial charge on any atom is 0.565 e. The summed E-state index contributed by atoms with van der Waals surface area (Å²) in [5, 5.41) is 0. The molecule has 5 nitrogen and oxygen atoms in total. The van der Waals surface area contributed by atoms with Crippen molar-refractivity contribution in [1.82, 2.24) is 4.90 Å². The summed E-state index contributed by atoms with van der Waals surface area (Å²) in [6.45, 7) is 0.158. The molecular formula is C18H18BNO4. The Morgan fingerprint density at radius 1 is 0.917 bits per heavy atom. The highest BCUT2D eigenvalue weighted by Gasteiger charge is 2.29. The molecule has 6 heteroatoms. The Bertz CT molecular complexity index is 718. The zero-order valence-corrected chi connectivity index (χ0v) is 13.5. The molecule has 0 radical (unpaired) electrons. The van der Waals surface area contributed by atoms with Crippen molar-refractivity contribution in [3.8, 4) is 11.1 Å². The first-order valence-corrected chi connectivity index (χ1v) is 7.78. The number of hydrogen-bond acceptors (Lipinski definition) is 5. The first kappa shape index (κ1) is 16.4. The van der Waals surface area contributed by atoms with Gasteiger partial charge >= 0.3 is 13.1 Å². The van der Waals surface area contributed by atoms with E-state index in [2.05, 4.69) is 0 Å². The zero-order valence-electron chi connectivity index (χ0n) is 13.5. The average molecular weight is 323 g/mol. The van der Waals surface area contributed by atoms with E-state index in [4.69, 9.17) is 9.31 Å². The van der Waals surface area contributed by atoms with Gasteiger partial charge in [0, 0.05) is 0 Å². The highest BCUT2D eigenvalue weighted by atomic mass is 16.6. The second kappa shape index (κ2) is 7.42. The van der Waals surface area contributed by atoms with E-state index in [1.54, 1.807) is 11.9 Å². The maximum absolute atomic E-state index is 11.9. The van der Waals surface area contributed by atoms with E-state index in [1.807, 2.05) is 54.6 Å². The zero-order chi connectivity index (χ0) is 16.9. The van der Waals surface area contributed by atoms with Crippen molar-refractivity contribution in [3.63, 3.8) is 0 Å². The van der Waals surface area contributed by atoms with Crippen LogP contribution in [0.2, 0.25) is 0 Å². The van der Waals surface area contributed by atoms with Crippen LogP contribution in [0.4, 0.5) is 0 Å². The summed E-state index contributed by atoms with van der Waals surface area (Å²) in [5.74, 6) is -0.494. The van der Waals surface area contributed by atoms with Crippen molar-refractivity contribution < 1.29 is 18.9 Å². The molecule has 0 aromatic heterocycles. The lowest BCUT2D eigenvalue weighted by Gasteiger charge is -2.14. The first-order chi connectivity index (χ1) is 11.6. The summed E-state index contributed by atoms with van der Waals surface area (Å²) >= 11 is 0. The number of ketones is 1. The molecule has 0 atom stereocenters. The van der Waals surface area contributed by atoms with Crippen molar-refractivity contribution in [2.45, 2.75) is 0 Å². The van der Waals surface area contributed by atoms with Crippen LogP contribution in [0, 0.1) is 0 Å². The standard InChI is InChI=1S/C18H18BNO4/c1-20-11-17(21)13-23-19(24-18(22)12-20)16-9-7-15(8-10-16)14-5-3-2-4-6-14/h2-10H,11-13H2,1H3. The molecule has 1 saturated heterocycles. The van der Waals surface area contributed by atoms with Crippen LogP contribution in [0.1, 0.15) is 0 Å². The van der Waals surface area contributed by atoms with Crippen LogP contribution in [-0.4, -0.2) is 50.5 Å². The number of rotatable bonds is 2. The van der Waals surface area contributed by atoms with Gasteiger partial charge in [-0.3, -0.25) is 14.5 Å². The second-order valence-corrected chi connectivity index (χ2v) is 5.83. The van der Waals surface area contributed by atoms with Crippen molar-refractivity contribution in [2.75, 3.05) is 26.7 Å². The van der Waals surface area contributed by atoms with Crippen LogP contribution in [0.3, 0.4) is 0 Å². The predicted molar refractivity (Wildman–Crippen MR) is 91.8 cm³/mol. The van der Waals surface area contributed by atoms with E-state index in [-0.39, 0.29) is 25.5 Å². The highest BCUT2D eigenvalue weighted by Crippen LogP contribution is 2.17. The fourth-order valence-electron chi connectivity index (χ4n) is 2.61. The molecule has 24 heavy (non-hydrogen) atoms. The molecule has 1 aliphatic rings. The van der Waals surface area contributed by atoms with Crippen LogP contribution in [0.15, 0.2) is 54.6 Å². The van der Waals surface area contributed by atoms with Crippen LogP contribution in [0.25, 0.3) is 11.1 Å². The van der Waals surface area contributed by atoms with Gasteiger partial charge in [0.2, 0.25) is 0 Å². The summed E-state index contributed by atoms with van der Waals surface area (Å²) in [6, 6.07) is 17.6. The molecule has 0 unspecified atom stereocenters. The quantitative estimate of drug-likeness (QED) is 0.776. The lowest BCUT2D eigenvalue weighted by atomic mass is 9.78. The minimum absolute atomic E-state index is 0.0632. The second-order valence-electron chi connectivity index (χ2n) is 5.83. The van der Waals surface area contributed by atoms with Gasteiger partial charge in [0.15, 0.2) is 5.78 Å². The van der Waals surface area contributed by atoms with Gasteiger partial charge in [0.1, 0.15) is 0 Å². The van der Waals surface area contributed by atoms with Gasteiger partial charge in [0.25, 0.3) is 0 Å². The largest absolute Gasteiger partial charge is 0.565 e. The number of carbonyl (C=O) groups is 2. The van der Waals surface area contributed by atoms with Crippen LogP contribution in [0.5, 0.6) is 0 Å². The summed E-state index contributed by atoms with van der Waals surface area (Å²) in [4.78, 5) is 25.3. The third-order valence-corrected chi connectivity index (χ3v) is 3.77. The smallest absolute Gasteiger partial charge is 0.505 e. The van der Waals surface area contributed by atoms with Crippen LogP contribution < -0.4 is 5.46 Å². The maximum atomic E-state index is 11.9. The molecule has 122 valence electrons. The predicted octanol–water partition coefficient (Wildman–Crippen LogP) is 1.12. The minimum atomic E-state index is -0.863. The van der Waals surface area contributed by atoms with E-state index < -0.39 is 13.1 Å². The van der Waals surface area contributed by atoms with Gasteiger partial charge in [-0.15, -0.1) is 0 Å². The molecule has 0 spiro atoms. The molecule has 1 aliphatic heterocycles. The Balaban J connectivity index is 1.79. The molecule has 0 saturated carbocycles. The topological polar surface area (TPSA) is 55.8 Å². The van der Waals surface area contributed by atoms with E-state index >= 15 is 0 Å². The third-order valence-electron chi connectivity index (χ3n) is 3.77. The first-order valence-electron chi connectivity index (χ1n) is 7.78. The lowest BCUT2D eigenvalue weighted by Crippen LogP contribution is -2.40. The van der Waals surface area contributed by atoms with E-state index in [9.17, 15) is 9.59 Å². The summed E-state index contributed by atoms with van der Waals surface area (Å²) in [6.07, 6.45) is 0. The molecule has 0 amide bonds. The molecule has 2 aromatic rings. The van der Waals surface area contributed by atoms with Gasteiger partial charge in [0.05, 0.1) is 19.7 Å². The number of likely N-dealkylation sites (N-methyl/N-ethyl adjacent to an activating group) is 1. The van der Waals surface area contributed by atoms with Gasteiger partial charge in [-0.25, -0.2) is 0 Å². The molecule has 1 fully saturated rings. The molecule has 0 aliphatic carbocycles. The summed E-state index contributed by atoms with van der Waals surface area (Å²) < 4.78 is 10.9. The number of hydrogen-bond donors (Lipinski definition) is 0. The molecule has 3 rings (SSSR count). The van der Waals surface area contributed by atoms with Gasteiger partial charge in [-0.05, 0) is 23.6 Å². The third kappa shape index (κ3) is 4.10. The van der Waals surface area contributed by atoms with E-state index in [0.717, 1.165) is 11.1 Å². The number of Topliss-reactive ketones (excluding diaryl/α,β-unsaturated/α-hetero) is 1. The summed E-state index contributed by atoms with van der Waals surface area (Å²) in [7, 11) is 0.839. The van der Waals surface area contributed by atoms with Crippen LogP contribution in [-0.2, 0) is 18.9 Å². The van der Waals surface area contributed by atoms with Crippen LogP contribution >= 0.6 is 0 Å². The fraction of sp³-hybridized carbons (Fsp3) is 0.222.